The largest absolute Gasteiger partial charge is 0.457 e. The lowest BCUT2D eigenvalue weighted by atomic mass is 9.82. The predicted molar refractivity (Wildman–Crippen MR) is 85.1 cm³/mol. The molecule has 102 valence electrons. The molecule has 1 atom stereocenters. The van der Waals surface area contributed by atoms with Gasteiger partial charge in [-0.3, -0.25) is 0 Å². The molecule has 0 spiro atoms. The molecule has 21 heavy (non-hydrogen) atoms. The summed E-state index contributed by atoms with van der Waals surface area (Å²) < 4.78 is 6.11. The Morgan fingerprint density at radius 3 is 2.29 bits per heavy atom. The highest BCUT2D eigenvalue weighted by molar-refractivity contribution is 5.58. The topological polar surface area (TPSA) is 9.23 Å². The summed E-state index contributed by atoms with van der Waals surface area (Å²) in [6.45, 7) is 2.10. The fraction of sp³-hybridized carbons (Fsp3) is 0.100. The first-order chi connectivity index (χ1) is 10.3. The SMILES string of the molecule is Cc1ccc2c(c1)Oc1ccccc1C2c1ccccc1. The first-order valence-electron chi connectivity index (χ1n) is 7.25. The van der Waals surface area contributed by atoms with Crippen molar-refractivity contribution in [3.63, 3.8) is 0 Å². The Kier molecular flexibility index (Phi) is 2.78. The monoisotopic (exact) mass is 272 g/mol. The smallest absolute Gasteiger partial charge is 0.131 e. The van der Waals surface area contributed by atoms with Crippen molar-refractivity contribution in [2.24, 2.45) is 0 Å². The number of hydrogen-bond donors (Lipinski definition) is 0. The zero-order valence-corrected chi connectivity index (χ0v) is 11.9. The molecule has 1 aliphatic heterocycles. The second-order valence-corrected chi connectivity index (χ2v) is 5.52. The quantitative estimate of drug-likeness (QED) is 0.458. The molecule has 3 aromatic carbocycles. The fourth-order valence-electron chi connectivity index (χ4n) is 3.07. The molecule has 1 heterocycles. The zero-order chi connectivity index (χ0) is 14.2. The summed E-state index contributed by atoms with van der Waals surface area (Å²) in [7, 11) is 0. The van der Waals surface area contributed by atoms with Crippen molar-refractivity contribution in [2.75, 3.05) is 0 Å². The van der Waals surface area contributed by atoms with Gasteiger partial charge < -0.3 is 4.74 Å². The second-order valence-electron chi connectivity index (χ2n) is 5.52. The van der Waals surface area contributed by atoms with Crippen LogP contribution in [0.15, 0.2) is 72.8 Å². The number of rotatable bonds is 1. The Balaban J connectivity index is 1.97. The van der Waals surface area contributed by atoms with Crippen molar-refractivity contribution in [2.45, 2.75) is 12.8 Å². The van der Waals surface area contributed by atoms with Gasteiger partial charge in [-0.15, -0.1) is 0 Å². The minimum absolute atomic E-state index is 0.242. The fourth-order valence-corrected chi connectivity index (χ4v) is 3.07. The van der Waals surface area contributed by atoms with Crippen LogP contribution >= 0.6 is 0 Å². The van der Waals surface area contributed by atoms with Crippen molar-refractivity contribution in [3.8, 4) is 11.5 Å². The number of ether oxygens (including phenoxy) is 1. The van der Waals surface area contributed by atoms with E-state index in [4.69, 9.17) is 4.74 Å². The molecule has 0 fully saturated rings. The molecule has 0 amide bonds. The van der Waals surface area contributed by atoms with Gasteiger partial charge in [0.2, 0.25) is 0 Å². The Labute approximate surface area is 124 Å². The number of aryl methyl sites for hydroxylation is 1. The molecular weight excluding hydrogens is 256 g/mol. The van der Waals surface area contributed by atoms with Crippen molar-refractivity contribution in [3.05, 3.63) is 95.1 Å². The van der Waals surface area contributed by atoms with Gasteiger partial charge in [-0.05, 0) is 30.2 Å². The van der Waals surface area contributed by atoms with Crippen LogP contribution in [0.2, 0.25) is 0 Å². The summed E-state index contributed by atoms with van der Waals surface area (Å²) in [6.07, 6.45) is 0. The number of benzene rings is 3. The third kappa shape index (κ3) is 2.02. The number of para-hydroxylation sites is 1. The summed E-state index contributed by atoms with van der Waals surface area (Å²) >= 11 is 0. The Bertz CT molecular complexity index is 790. The van der Waals surface area contributed by atoms with Crippen molar-refractivity contribution < 1.29 is 4.74 Å². The molecule has 0 bridgehead atoms. The molecule has 0 saturated carbocycles. The van der Waals surface area contributed by atoms with Crippen LogP contribution in [-0.2, 0) is 0 Å². The van der Waals surface area contributed by atoms with E-state index in [0.717, 1.165) is 11.5 Å². The van der Waals surface area contributed by atoms with Crippen molar-refractivity contribution >= 4 is 0 Å². The lowest BCUT2D eigenvalue weighted by Crippen LogP contribution is -2.11. The van der Waals surface area contributed by atoms with E-state index < -0.39 is 0 Å². The molecule has 1 unspecified atom stereocenters. The van der Waals surface area contributed by atoms with E-state index >= 15 is 0 Å². The third-order valence-corrected chi connectivity index (χ3v) is 4.06. The zero-order valence-electron chi connectivity index (χ0n) is 11.9. The maximum atomic E-state index is 6.11. The molecule has 3 aromatic rings. The van der Waals surface area contributed by atoms with Gasteiger partial charge >= 0.3 is 0 Å². The van der Waals surface area contributed by atoms with E-state index in [1.807, 2.05) is 6.07 Å². The maximum absolute atomic E-state index is 6.11. The summed E-state index contributed by atoms with van der Waals surface area (Å²) in [6, 6.07) is 25.4. The Morgan fingerprint density at radius 2 is 1.43 bits per heavy atom. The van der Waals surface area contributed by atoms with Gasteiger partial charge in [-0.2, -0.15) is 0 Å². The van der Waals surface area contributed by atoms with E-state index in [1.54, 1.807) is 0 Å². The van der Waals surface area contributed by atoms with E-state index in [2.05, 4.69) is 73.7 Å². The molecule has 0 aliphatic carbocycles. The van der Waals surface area contributed by atoms with Gasteiger partial charge in [0.15, 0.2) is 0 Å². The van der Waals surface area contributed by atoms with Gasteiger partial charge in [0.1, 0.15) is 11.5 Å². The van der Waals surface area contributed by atoms with E-state index in [-0.39, 0.29) is 5.92 Å². The van der Waals surface area contributed by atoms with Crippen LogP contribution in [-0.4, -0.2) is 0 Å². The van der Waals surface area contributed by atoms with E-state index in [9.17, 15) is 0 Å². The highest BCUT2D eigenvalue weighted by Gasteiger charge is 2.28. The first-order valence-corrected chi connectivity index (χ1v) is 7.25. The summed E-state index contributed by atoms with van der Waals surface area (Å²) in [5, 5.41) is 0. The van der Waals surface area contributed by atoms with Crippen molar-refractivity contribution in [1.29, 1.82) is 0 Å². The summed E-state index contributed by atoms with van der Waals surface area (Å²) in [5.74, 6) is 2.18. The molecule has 0 N–H and O–H groups in total. The van der Waals surface area contributed by atoms with Crippen LogP contribution in [0.1, 0.15) is 28.2 Å². The van der Waals surface area contributed by atoms with Gasteiger partial charge in [-0.25, -0.2) is 0 Å². The average molecular weight is 272 g/mol. The molecule has 1 nitrogen and oxygen atoms in total. The Hall–Kier alpha value is -2.54. The van der Waals surface area contributed by atoms with E-state index in [0.29, 0.717) is 0 Å². The summed E-state index contributed by atoms with van der Waals surface area (Å²) in [5.41, 5.74) is 5.00. The highest BCUT2D eigenvalue weighted by atomic mass is 16.5. The van der Waals surface area contributed by atoms with E-state index in [1.165, 1.54) is 22.3 Å². The average Bonchev–Trinajstić information content (AvgIpc) is 2.53. The molecule has 4 rings (SSSR count). The lowest BCUT2D eigenvalue weighted by Gasteiger charge is -2.28. The first kappa shape index (κ1) is 12.2. The van der Waals surface area contributed by atoms with Crippen molar-refractivity contribution in [1.82, 2.24) is 0 Å². The molecule has 0 radical (unpaired) electrons. The summed E-state index contributed by atoms with van der Waals surface area (Å²) in [4.78, 5) is 0. The van der Waals surface area contributed by atoms with Crippen LogP contribution in [0.5, 0.6) is 11.5 Å². The predicted octanol–water partition coefficient (Wildman–Crippen LogP) is 5.28. The molecule has 0 saturated heterocycles. The third-order valence-electron chi connectivity index (χ3n) is 4.06. The van der Waals surface area contributed by atoms with Crippen LogP contribution < -0.4 is 4.74 Å². The number of hydrogen-bond acceptors (Lipinski definition) is 1. The standard InChI is InChI=1S/C20H16O/c1-14-11-12-17-19(13-14)21-18-10-6-5-9-16(18)20(17)15-7-3-2-4-8-15/h2-13,20H,1H3. The highest BCUT2D eigenvalue weighted by Crippen LogP contribution is 2.47. The molecular formula is C20H16O. The van der Waals surface area contributed by atoms with Crippen LogP contribution in [0.4, 0.5) is 0 Å². The normalized spacial score (nSPS) is 15.8. The molecule has 1 heteroatoms. The molecule has 1 aliphatic rings. The minimum atomic E-state index is 0.242. The van der Waals surface area contributed by atoms with Gasteiger partial charge in [-0.1, -0.05) is 60.7 Å². The lowest BCUT2D eigenvalue weighted by molar-refractivity contribution is 0.452. The maximum Gasteiger partial charge on any atom is 0.131 e. The Morgan fingerprint density at radius 1 is 0.714 bits per heavy atom. The number of fused-ring (bicyclic) bond motifs is 2. The molecule has 0 aromatic heterocycles. The van der Waals surface area contributed by atoms with Crippen LogP contribution in [0.25, 0.3) is 0 Å². The van der Waals surface area contributed by atoms with Gasteiger partial charge in [0.05, 0.1) is 0 Å². The van der Waals surface area contributed by atoms with Gasteiger partial charge in [0.25, 0.3) is 0 Å². The van der Waals surface area contributed by atoms with Crippen LogP contribution in [0, 0.1) is 6.92 Å². The van der Waals surface area contributed by atoms with Gasteiger partial charge in [0, 0.05) is 17.0 Å². The van der Waals surface area contributed by atoms with Crippen LogP contribution in [0.3, 0.4) is 0 Å². The minimum Gasteiger partial charge on any atom is -0.457 e. The second kappa shape index (κ2) is 4.78.